The number of likely N-dealkylation sites (tertiary alicyclic amines) is 1. The van der Waals surface area contributed by atoms with Gasteiger partial charge in [0.15, 0.2) is 29.3 Å². The van der Waals surface area contributed by atoms with Crippen molar-refractivity contribution in [1.82, 2.24) is 9.88 Å². The first kappa shape index (κ1) is 19.1. The number of ether oxygens (including phenoxy) is 3. The number of carbonyl (C=O) groups excluding carboxylic acids is 1. The lowest BCUT2D eigenvalue weighted by Crippen LogP contribution is -2.56. The van der Waals surface area contributed by atoms with Crippen molar-refractivity contribution >= 4 is 29.1 Å². The van der Waals surface area contributed by atoms with E-state index in [2.05, 4.69) is 4.98 Å². The normalized spacial score (nSPS) is 15.6. The molecule has 1 saturated heterocycles. The molecule has 0 N–H and O–H groups in total. The van der Waals surface area contributed by atoms with Gasteiger partial charge in [0.25, 0.3) is 5.91 Å². The minimum atomic E-state index is -0.231. The van der Waals surface area contributed by atoms with Gasteiger partial charge in [0.1, 0.15) is 30.1 Å². The van der Waals surface area contributed by atoms with Crippen LogP contribution in [-0.4, -0.2) is 48.2 Å². The summed E-state index contributed by atoms with van der Waals surface area (Å²) in [5.74, 6) is 1.94. The Balaban J connectivity index is 1.29. The minimum Gasteiger partial charge on any atom is -0.486 e. The molecule has 0 radical (unpaired) electrons. The summed E-state index contributed by atoms with van der Waals surface area (Å²) in [6.45, 7) is 1.81. The molecule has 7 nitrogen and oxygen atoms in total. The van der Waals surface area contributed by atoms with Crippen molar-refractivity contribution in [1.29, 1.82) is 0 Å². The largest absolute Gasteiger partial charge is 0.486 e. The second kappa shape index (κ2) is 7.74. The highest BCUT2D eigenvalue weighted by Crippen LogP contribution is 2.36. The molecule has 5 rings (SSSR count). The molecule has 3 heterocycles. The maximum Gasteiger partial charge on any atom is 0.276 e. The maximum atomic E-state index is 12.9. The number of halogens is 2. The van der Waals surface area contributed by atoms with Gasteiger partial charge >= 0.3 is 0 Å². The van der Waals surface area contributed by atoms with Gasteiger partial charge in [-0.05, 0) is 30.3 Å². The van der Waals surface area contributed by atoms with Gasteiger partial charge in [-0.15, -0.1) is 0 Å². The van der Waals surface area contributed by atoms with Crippen LogP contribution in [0, 0.1) is 0 Å². The van der Waals surface area contributed by atoms with Crippen molar-refractivity contribution in [3.05, 3.63) is 58.5 Å². The number of benzene rings is 2. The third kappa shape index (κ3) is 3.44. The van der Waals surface area contributed by atoms with E-state index < -0.39 is 0 Å². The van der Waals surface area contributed by atoms with E-state index in [0.29, 0.717) is 64.9 Å². The smallest absolute Gasteiger partial charge is 0.276 e. The standard InChI is InChI=1S/C21H16Cl2N2O5/c22-14-2-1-3-16(18(14)23)30-13-9-25(10-13)21(26)19-20(29-11-24-19)12-4-5-15-17(8-12)28-7-6-27-15/h1-5,8,11,13H,6-7,9-10H2. The molecule has 154 valence electrons. The highest BCUT2D eigenvalue weighted by Gasteiger charge is 2.36. The number of hydrogen-bond donors (Lipinski definition) is 0. The lowest BCUT2D eigenvalue weighted by atomic mass is 10.1. The molecule has 3 aromatic rings. The fourth-order valence-electron chi connectivity index (χ4n) is 3.37. The first-order valence-electron chi connectivity index (χ1n) is 9.33. The first-order chi connectivity index (χ1) is 14.6. The summed E-state index contributed by atoms with van der Waals surface area (Å²) in [6, 6.07) is 10.6. The summed E-state index contributed by atoms with van der Waals surface area (Å²) in [6.07, 6.45) is 1.09. The lowest BCUT2D eigenvalue weighted by molar-refractivity contribution is 0.0174. The molecule has 0 unspecified atom stereocenters. The van der Waals surface area contributed by atoms with Crippen molar-refractivity contribution < 1.29 is 23.4 Å². The van der Waals surface area contributed by atoms with E-state index in [0.717, 1.165) is 0 Å². The predicted octanol–water partition coefficient (Wildman–Crippen LogP) is 4.32. The first-order valence-corrected chi connectivity index (χ1v) is 10.1. The van der Waals surface area contributed by atoms with Gasteiger partial charge in [-0.25, -0.2) is 4.98 Å². The SMILES string of the molecule is O=C(c1ncoc1-c1ccc2c(c1)OCCO2)N1CC(Oc2cccc(Cl)c2Cl)C1. The number of hydrogen-bond acceptors (Lipinski definition) is 6. The number of nitrogens with zero attached hydrogens (tertiary/aromatic N) is 2. The number of oxazole rings is 1. The summed E-state index contributed by atoms with van der Waals surface area (Å²) in [7, 11) is 0. The Labute approximate surface area is 182 Å². The Kier molecular flexibility index (Phi) is 4.92. The van der Waals surface area contributed by atoms with Crippen molar-refractivity contribution in [3.8, 4) is 28.6 Å². The van der Waals surface area contributed by atoms with Crippen LogP contribution in [0.15, 0.2) is 47.2 Å². The molecule has 9 heteroatoms. The van der Waals surface area contributed by atoms with Crippen LogP contribution >= 0.6 is 23.2 Å². The van der Waals surface area contributed by atoms with Gasteiger partial charge < -0.3 is 23.5 Å². The van der Waals surface area contributed by atoms with Crippen LogP contribution in [0.1, 0.15) is 10.5 Å². The molecule has 30 heavy (non-hydrogen) atoms. The number of amides is 1. The number of rotatable bonds is 4. The molecule has 0 saturated carbocycles. The highest BCUT2D eigenvalue weighted by atomic mass is 35.5. The summed E-state index contributed by atoms with van der Waals surface area (Å²) >= 11 is 12.2. The summed E-state index contributed by atoms with van der Waals surface area (Å²) < 4.78 is 22.5. The zero-order valence-electron chi connectivity index (χ0n) is 15.6. The fourth-order valence-corrected chi connectivity index (χ4v) is 3.71. The molecule has 2 aliphatic rings. The molecular formula is C21H16Cl2N2O5. The zero-order chi connectivity index (χ0) is 20.7. The minimum absolute atomic E-state index is 0.172. The van der Waals surface area contributed by atoms with Crippen molar-refractivity contribution in [2.75, 3.05) is 26.3 Å². The molecule has 0 aliphatic carbocycles. The molecule has 1 fully saturated rings. The van der Waals surface area contributed by atoms with Gasteiger partial charge in [-0.3, -0.25) is 4.79 Å². The van der Waals surface area contributed by atoms with Crippen LogP contribution in [0.25, 0.3) is 11.3 Å². The Morgan fingerprint density at radius 1 is 1.10 bits per heavy atom. The quantitative estimate of drug-likeness (QED) is 0.593. The highest BCUT2D eigenvalue weighted by molar-refractivity contribution is 6.42. The number of carbonyl (C=O) groups is 1. The van der Waals surface area contributed by atoms with Crippen LogP contribution in [0.5, 0.6) is 17.2 Å². The van der Waals surface area contributed by atoms with Crippen LogP contribution in [-0.2, 0) is 0 Å². The van der Waals surface area contributed by atoms with Gasteiger partial charge in [0, 0.05) is 5.56 Å². The molecule has 0 bridgehead atoms. The molecule has 1 amide bonds. The molecule has 1 aromatic heterocycles. The monoisotopic (exact) mass is 446 g/mol. The Morgan fingerprint density at radius 2 is 1.90 bits per heavy atom. The van der Waals surface area contributed by atoms with E-state index >= 15 is 0 Å². The van der Waals surface area contributed by atoms with E-state index in [1.165, 1.54) is 6.39 Å². The van der Waals surface area contributed by atoms with E-state index in [9.17, 15) is 4.79 Å². The summed E-state index contributed by atoms with van der Waals surface area (Å²) in [4.78, 5) is 18.7. The summed E-state index contributed by atoms with van der Waals surface area (Å²) in [5.41, 5.74) is 0.935. The van der Waals surface area contributed by atoms with Crippen molar-refractivity contribution in [2.45, 2.75) is 6.10 Å². The number of fused-ring (bicyclic) bond motifs is 1. The van der Waals surface area contributed by atoms with E-state index in [-0.39, 0.29) is 17.7 Å². The van der Waals surface area contributed by atoms with Gasteiger partial charge in [-0.2, -0.15) is 0 Å². The molecule has 0 spiro atoms. The van der Waals surface area contributed by atoms with E-state index in [1.807, 2.05) is 6.07 Å². The maximum absolute atomic E-state index is 12.9. The second-order valence-corrected chi connectivity index (χ2v) is 7.68. The van der Waals surface area contributed by atoms with Crippen LogP contribution in [0.4, 0.5) is 0 Å². The Morgan fingerprint density at radius 3 is 2.73 bits per heavy atom. The molecule has 2 aromatic carbocycles. The molecule has 2 aliphatic heterocycles. The van der Waals surface area contributed by atoms with Crippen molar-refractivity contribution in [2.24, 2.45) is 0 Å². The second-order valence-electron chi connectivity index (χ2n) is 6.89. The molecule has 0 atom stereocenters. The zero-order valence-corrected chi connectivity index (χ0v) is 17.2. The Bertz CT molecular complexity index is 1110. The number of aromatic nitrogens is 1. The topological polar surface area (TPSA) is 74.0 Å². The third-order valence-corrected chi connectivity index (χ3v) is 5.72. The average molecular weight is 447 g/mol. The third-order valence-electron chi connectivity index (χ3n) is 4.92. The van der Waals surface area contributed by atoms with Crippen LogP contribution in [0.3, 0.4) is 0 Å². The van der Waals surface area contributed by atoms with Crippen LogP contribution in [0.2, 0.25) is 10.0 Å². The molecular weight excluding hydrogens is 431 g/mol. The summed E-state index contributed by atoms with van der Waals surface area (Å²) in [5, 5.41) is 0.787. The van der Waals surface area contributed by atoms with Gasteiger partial charge in [0.2, 0.25) is 0 Å². The van der Waals surface area contributed by atoms with Gasteiger partial charge in [-0.1, -0.05) is 29.3 Å². The van der Waals surface area contributed by atoms with Gasteiger partial charge in [0.05, 0.1) is 18.1 Å². The average Bonchev–Trinajstić information content (AvgIpc) is 3.22. The van der Waals surface area contributed by atoms with Crippen molar-refractivity contribution in [3.63, 3.8) is 0 Å². The van der Waals surface area contributed by atoms with E-state index in [1.54, 1.807) is 35.2 Å². The predicted molar refractivity (Wildman–Crippen MR) is 110 cm³/mol. The lowest BCUT2D eigenvalue weighted by Gasteiger charge is -2.38. The Hall–Kier alpha value is -2.90. The van der Waals surface area contributed by atoms with Crippen LogP contribution < -0.4 is 14.2 Å². The van der Waals surface area contributed by atoms with E-state index in [4.69, 9.17) is 41.8 Å². The fraction of sp³-hybridized carbons (Fsp3) is 0.238.